The number of ether oxygens (including phenoxy) is 1. The van der Waals surface area contributed by atoms with Crippen LogP contribution in [0.5, 0.6) is 0 Å². The summed E-state index contributed by atoms with van der Waals surface area (Å²) in [7, 11) is 0. The molecule has 1 unspecified atom stereocenters. The second-order valence-corrected chi connectivity index (χ2v) is 4.89. The molecule has 0 radical (unpaired) electrons. The molecular weight excluding hydrogens is 282 g/mol. The standard InChI is InChI=1S/C17H17NO2S/c19-17(13-14-7-3-1-4-8-14)20-16(11-12-21)18-15-9-5-2-6-10-15/h1-10,12,16,18H,11,13H2. The molecule has 0 amide bonds. The van der Waals surface area contributed by atoms with Crippen molar-refractivity contribution in [3.8, 4) is 0 Å². The Bertz CT molecular complexity index is 572. The Balaban J connectivity index is 1.93. The number of para-hydroxylation sites is 1. The van der Waals surface area contributed by atoms with Crippen LogP contribution in [0.1, 0.15) is 12.0 Å². The summed E-state index contributed by atoms with van der Waals surface area (Å²) in [4.78, 5) is 12.0. The molecule has 0 bridgehead atoms. The van der Waals surface area contributed by atoms with Gasteiger partial charge in [-0.25, -0.2) is 0 Å². The average molecular weight is 299 g/mol. The van der Waals surface area contributed by atoms with E-state index in [4.69, 9.17) is 17.0 Å². The molecule has 0 aliphatic rings. The predicted molar refractivity (Wildman–Crippen MR) is 88.4 cm³/mol. The fourth-order valence-corrected chi connectivity index (χ4v) is 2.08. The van der Waals surface area contributed by atoms with Crippen LogP contribution in [0.2, 0.25) is 0 Å². The second kappa shape index (κ2) is 8.17. The molecule has 0 heterocycles. The molecule has 0 saturated carbocycles. The van der Waals surface area contributed by atoms with Crippen LogP contribution in [0.3, 0.4) is 0 Å². The molecule has 0 aromatic heterocycles. The van der Waals surface area contributed by atoms with Gasteiger partial charge in [0.25, 0.3) is 0 Å². The third kappa shape index (κ3) is 5.36. The molecule has 0 aliphatic heterocycles. The van der Waals surface area contributed by atoms with Crippen LogP contribution in [0.25, 0.3) is 0 Å². The van der Waals surface area contributed by atoms with E-state index in [1.165, 1.54) is 0 Å². The third-order valence-electron chi connectivity index (χ3n) is 2.88. The van der Waals surface area contributed by atoms with Crippen LogP contribution in [-0.4, -0.2) is 17.6 Å². The highest BCUT2D eigenvalue weighted by Gasteiger charge is 2.13. The van der Waals surface area contributed by atoms with Gasteiger partial charge in [0.05, 0.1) is 6.42 Å². The zero-order chi connectivity index (χ0) is 14.9. The van der Waals surface area contributed by atoms with Crippen LogP contribution in [-0.2, 0) is 16.0 Å². The molecule has 4 heteroatoms. The van der Waals surface area contributed by atoms with Crippen LogP contribution >= 0.6 is 12.2 Å². The zero-order valence-electron chi connectivity index (χ0n) is 11.6. The van der Waals surface area contributed by atoms with Gasteiger partial charge in [0.15, 0.2) is 6.23 Å². The van der Waals surface area contributed by atoms with Gasteiger partial charge in [-0.3, -0.25) is 4.79 Å². The van der Waals surface area contributed by atoms with Crippen molar-refractivity contribution in [3.63, 3.8) is 0 Å². The largest absolute Gasteiger partial charge is 0.441 e. The monoisotopic (exact) mass is 299 g/mol. The normalized spacial score (nSPS) is 11.4. The van der Waals surface area contributed by atoms with Gasteiger partial charge in [-0.05, 0) is 23.1 Å². The molecule has 2 aromatic carbocycles. The molecule has 2 rings (SSSR count). The summed E-state index contributed by atoms with van der Waals surface area (Å²) >= 11 is 4.87. The van der Waals surface area contributed by atoms with Gasteiger partial charge in [0.1, 0.15) is 0 Å². The Morgan fingerprint density at radius 3 is 2.33 bits per heavy atom. The Labute approximate surface area is 129 Å². The molecule has 1 atom stereocenters. The van der Waals surface area contributed by atoms with E-state index in [2.05, 4.69) is 5.32 Å². The second-order valence-electron chi connectivity index (χ2n) is 4.55. The lowest BCUT2D eigenvalue weighted by Gasteiger charge is -2.18. The molecule has 3 nitrogen and oxygen atoms in total. The fraction of sp³-hybridized carbons (Fsp3) is 0.176. The first-order chi connectivity index (χ1) is 10.3. The topological polar surface area (TPSA) is 38.3 Å². The number of nitrogens with one attached hydrogen (secondary N) is 1. The summed E-state index contributed by atoms with van der Waals surface area (Å²) in [6.45, 7) is 0. The first-order valence-electron chi connectivity index (χ1n) is 6.76. The molecule has 21 heavy (non-hydrogen) atoms. The van der Waals surface area contributed by atoms with Crippen molar-refractivity contribution < 1.29 is 9.53 Å². The van der Waals surface area contributed by atoms with Crippen molar-refractivity contribution in [3.05, 3.63) is 66.2 Å². The van der Waals surface area contributed by atoms with Crippen molar-refractivity contribution in [2.24, 2.45) is 0 Å². The summed E-state index contributed by atoms with van der Waals surface area (Å²) in [6, 6.07) is 19.1. The van der Waals surface area contributed by atoms with Gasteiger partial charge >= 0.3 is 5.97 Å². The van der Waals surface area contributed by atoms with Crippen molar-refractivity contribution in [2.45, 2.75) is 19.1 Å². The van der Waals surface area contributed by atoms with Crippen LogP contribution in [0.4, 0.5) is 5.69 Å². The average Bonchev–Trinajstić information content (AvgIpc) is 2.49. The summed E-state index contributed by atoms with van der Waals surface area (Å²) in [5.41, 5.74) is 1.83. The summed E-state index contributed by atoms with van der Waals surface area (Å²) < 4.78 is 5.45. The van der Waals surface area contributed by atoms with Crippen LogP contribution in [0, 0.1) is 0 Å². The highest BCUT2D eigenvalue weighted by atomic mass is 32.1. The predicted octanol–water partition coefficient (Wildman–Crippen LogP) is 3.60. The van der Waals surface area contributed by atoms with E-state index in [1.54, 1.807) is 5.37 Å². The van der Waals surface area contributed by atoms with E-state index in [-0.39, 0.29) is 12.4 Å². The Hall–Kier alpha value is -2.20. The number of esters is 1. The minimum atomic E-state index is -0.443. The summed E-state index contributed by atoms with van der Waals surface area (Å²) in [5, 5.41) is 4.72. The number of carbonyl (C=O) groups is 1. The first-order valence-corrected chi connectivity index (χ1v) is 7.23. The minimum absolute atomic E-state index is 0.255. The molecule has 0 saturated heterocycles. The minimum Gasteiger partial charge on any atom is -0.441 e. The van der Waals surface area contributed by atoms with Gasteiger partial charge < -0.3 is 10.1 Å². The molecule has 0 spiro atoms. The van der Waals surface area contributed by atoms with E-state index in [0.717, 1.165) is 11.3 Å². The highest BCUT2D eigenvalue weighted by Crippen LogP contribution is 2.10. The van der Waals surface area contributed by atoms with E-state index in [1.807, 2.05) is 60.7 Å². The first kappa shape index (κ1) is 15.2. The van der Waals surface area contributed by atoms with E-state index in [9.17, 15) is 4.79 Å². The van der Waals surface area contributed by atoms with E-state index >= 15 is 0 Å². The lowest BCUT2D eigenvalue weighted by molar-refractivity contribution is -0.146. The molecule has 2 aromatic rings. The third-order valence-corrected chi connectivity index (χ3v) is 3.07. The molecule has 108 valence electrons. The maximum Gasteiger partial charge on any atom is 0.312 e. The lowest BCUT2D eigenvalue weighted by Crippen LogP contribution is -2.27. The van der Waals surface area contributed by atoms with Crippen molar-refractivity contribution in [1.29, 1.82) is 0 Å². The summed E-state index contributed by atoms with van der Waals surface area (Å²) in [6.07, 6.45) is 0.289. The van der Waals surface area contributed by atoms with E-state index < -0.39 is 6.23 Å². The number of benzene rings is 2. The van der Waals surface area contributed by atoms with Crippen LogP contribution in [0.15, 0.2) is 60.7 Å². The Morgan fingerprint density at radius 1 is 1.10 bits per heavy atom. The van der Waals surface area contributed by atoms with Gasteiger partial charge in [0, 0.05) is 12.1 Å². The lowest BCUT2D eigenvalue weighted by atomic mass is 10.1. The molecule has 0 aliphatic carbocycles. The van der Waals surface area contributed by atoms with Crippen LogP contribution < -0.4 is 5.32 Å². The molecule has 0 fully saturated rings. The number of thiocarbonyl (C=S) groups is 1. The highest BCUT2D eigenvalue weighted by molar-refractivity contribution is 7.78. The number of hydrogen-bond donors (Lipinski definition) is 1. The van der Waals surface area contributed by atoms with E-state index in [0.29, 0.717) is 6.42 Å². The smallest absolute Gasteiger partial charge is 0.312 e. The van der Waals surface area contributed by atoms with Crippen molar-refractivity contribution >= 4 is 29.2 Å². The van der Waals surface area contributed by atoms with Crippen molar-refractivity contribution in [2.75, 3.05) is 5.32 Å². The SMILES string of the molecule is O=C(Cc1ccccc1)OC(CC=S)Nc1ccccc1. The van der Waals surface area contributed by atoms with Gasteiger partial charge in [-0.15, -0.1) is 0 Å². The van der Waals surface area contributed by atoms with Crippen molar-refractivity contribution in [1.82, 2.24) is 0 Å². The molecule has 1 N–H and O–H groups in total. The summed E-state index contributed by atoms with van der Waals surface area (Å²) in [5.74, 6) is -0.272. The number of rotatable bonds is 7. The maximum absolute atomic E-state index is 12.0. The maximum atomic E-state index is 12.0. The Morgan fingerprint density at radius 2 is 1.71 bits per heavy atom. The Kier molecular flexibility index (Phi) is 5.91. The number of anilines is 1. The zero-order valence-corrected chi connectivity index (χ0v) is 12.4. The van der Waals surface area contributed by atoms with Gasteiger partial charge in [-0.2, -0.15) is 0 Å². The quantitative estimate of drug-likeness (QED) is 0.481. The number of carbonyl (C=O) groups excluding carboxylic acids is 1. The number of hydrogen-bond acceptors (Lipinski definition) is 4. The molecular formula is C17H17NO2S. The van der Waals surface area contributed by atoms with Gasteiger partial charge in [0.2, 0.25) is 0 Å². The van der Waals surface area contributed by atoms with Gasteiger partial charge in [-0.1, -0.05) is 60.7 Å². The fourth-order valence-electron chi connectivity index (χ4n) is 1.91.